The van der Waals surface area contributed by atoms with Gasteiger partial charge in [0.05, 0.1) is 11.9 Å². The number of nitrogens with zero attached hydrogens (tertiary/aromatic N) is 6. The molecule has 1 aliphatic heterocycles. The van der Waals surface area contributed by atoms with Gasteiger partial charge in [-0.1, -0.05) is 12.1 Å². The second-order valence-corrected chi connectivity index (χ2v) is 8.66. The van der Waals surface area contributed by atoms with Crippen molar-refractivity contribution in [2.45, 2.75) is 32.2 Å². The summed E-state index contributed by atoms with van der Waals surface area (Å²) in [6, 6.07) is 5.69. The molecule has 1 aliphatic rings. The largest absolute Gasteiger partial charge is 0.573 e. The van der Waals surface area contributed by atoms with Gasteiger partial charge in [-0.15, -0.1) is 13.2 Å². The summed E-state index contributed by atoms with van der Waals surface area (Å²) in [5.74, 6) is 0.0442. The number of hydrogen-bond acceptors (Lipinski definition) is 8. The Kier molecular flexibility index (Phi) is 7.34. The second-order valence-electron chi connectivity index (χ2n) is 8.66. The van der Waals surface area contributed by atoms with Crippen LogP contribution in [0.3, 0.4) is 0 Å². The van der Waals surface area contributed by atoms with E-state index in [0.717, 1.165) is 25.9 Å². The van der Waals surface area contributed by atoms with Gasteiger partial charge in [-0.05, 0) is 57.6 Å². The summed E-state index contributed by atoms with van der Waals surface area (Å²) in [7, 11) is 4.18. The molecule has 4 rings (SSSR count). The van der Waals surface area contributed by atoms with Gasteiger partial charge in [0.25, 0.3) is 0 Å². The third-order valence-corrected chi connectivity index (χ3v) is 5.84. The number of aromatic nitrogens is 4. The van der Waals surface area contributed by atoms with Crippen molar-refractivity contribution in [3.63, 3.8) is 0 Å². The van der Waals surface area contributed by atoms with Crippen molar-refractivity contribution in [2.24, 2.45) is 0 Å². The molecule has 0 bridgehead atoms. The molecule has 3 heterocycles. The van der Waals surface area contributed by atoms with Gasteiger partial charge in [-0.3, -0.25) is 4.79 Å². The highest BCUT2D eigenvalue weighted by atomic mass is 19.4. The lowest BCUT2D eigenvalue weighted by atomic mass is 10.0. The third kappa shape index (κ3) is 6.45. The molecular formula is C24H26F3N7O2. The molecule has 3 aromatic rings. The number of ether oxygens (including phenoxy) is 1. The van der Waals surface area contributed by atoms with E-state index in [4.69, 9.17) is 0 Å². The molecule has 12 heteroatoms. The average molecular weight is 502 g/mol. The Bertz CT molecular complexity index is 1260. The number of halogens is 3. The van der Waals surface area contributed by atoms with Crippen LogP contribution in [0.1, 0.15) is 24.1 Å². The molecule has 0 saturated carbocycles. The Morgan fingerprint density at radius 3 is 2.47 bits per heavy atom. The monoisotopic (exact) mass is 501 g/mol. The molecule has 1 amide bonds. The molecule has 36 heavy (non-hydrogen) atoms. The molecule has 2 aromatic heterocycles. The van der Waals surface area contributed by atoms with Crippen molar-refractivity contribution in [1.29, 1.82) is 0 Å². The number of piperidine rings is 1. The standard InChI is InChI=1S/C24H26F3N7O2/c1-15-21-22(32-23(29-15)34-12-10-17(11-13-34)33(2)3)28-14-19(31-21)30-20(35)9-6-16-4-7-18(8-5-16)36-24(25,26)27/h4-9,14,17H,10-13H2,1-3H3,(H,30,31,35)/b9-6+. The van der Waals surface area contributed by atoms with Crippen LogP contribution >= 0.6 is 0 Å². The number of nitrogens with one attached hydrogen (secondary N) is 1. The zero-order valence-electron chi connectivity index (χ0n) is 20.1. The summed E-state index contributed by atoms with van der Waals surface area (Å²) in [6.45, 7) is 3.55. The SMILES string of the molecule is Cc1nc(N2CCC(N(C)C)CC2)nc2ncc(NC(=O)/C=C/c3ccc(OC(F)(F)F)cc3)nc12. The van der Waals surface area contributed by atoms with Crippen LogP contribution in [0.25, 0.3) is 17.2 Å². The minimum absolute atomic E-state index is 0.234. The van der Waals surface area contributed by atoms with Gasteiger partial charge in [-0.25, -0.2) is 15.0 Å². The molecule has 0 unspecified atom stereocenters. The molecule has 9 nitrogen and oxygen atoms in total. The fraction of sp³-hybridized carbons (Fsp3) is 0.375. The molecular weight excluding hydrogens is 475 g/mol. The number of fused-ring (bicyclic) bond motifs is 1. The quantitative estimate of drug-likeness (QED) is 0.510. The van der Waals surface area contributed by atoms with E-state index in [2.05, 4.69) is 53.9 Å². The minimum atomic E-state index is -4.76. The summed E-state index contributed by atoms with van der Waals surface area (Å²) in [4.78, 5) is 34.7. The van der Waals surface area contributed by atoms with E-state index in [-0.39, 0.29) is 11.6 Å². The van der Waals surface area contributed by atoms with Crippen LogP contribution in [0, 0.1) is 6.92 Å². The highest BCUT2D eigenvalue weighted by Crippen LogP contribution is 2.24. The van der Waals surface area contributed by atoms with Gasteiger partial charge in [-0.2, -0.15) is 4.98 Å². The van der Waals surface area contributed by atoms with E-state index in [1.165, 1.54) is 42.6 Å². The van der Waals surface area contributed by atoms with Crippen LogP contribution in [-0.2, 0) is 4.79 Å². The van der Waals surface area contributed by atoms with Crippen molar-refractivity contribution in [2.75, 3.05) is 37.4 Å². The van der Waals surface area contributed by atoms with Crippen molar-refractivity contribution < 1.29 is 22.7 Å². The minimum Gasteiger partial charge on any atom is -0.406 e. The first-order chi connectivity index (χ1) is 17.1. The summed E-state index contributed by atoms with van der Waals surface area (Å²) in [5.41, 5.74) is 2.12. The van der Waals surface area contributed by atoms with Crippen molar-refractivity contribution in [3.8, 4) is 5.75 Å². The van der Waals surface area contributed by atoms with Gasteiger partial charge < -0.3 is 19.9 Å². The molecule has 1 N–H and O–H groups in total. The van der Waals surface area contributed by atoms with E-state index in [9.17, 15) is 18.0 Å². The fourth-order valence-electron chi connectivity index (χ4n) is 3.93. The maximum atomic E-state index is 12.3. The summed E-state index contributed by atoms with van der Waals surface area (Å²) >= 11 is 0. The fourth-order valence-corrected chi connectivity index (χ4v) is 3.93. The smallest absolute Gasteiger partial charge is 0.406 e. The lowest BCUT2D eigenvalue weighted by molar-refractivity contribution is -0.274. The number of aryl methyl sites for hydroxylation is 1. The Hall–Kier alpha value is -3.80. The van der Waals surface area contributed by atoms with E-state index < -0.39 is 12.3 Å². The normalized spacial score (nSPS) is 15.1. The first-order valence-electron chi connectivity index (χ1n) is 11.3. The molecule has 0 spiro atoms. The number of carbonyl (C=O) groups excluding carboxylic acids is 1. The highest BCUT2D eigenvalue weighted by molar-refractivity contribution is 6.01. The lowest BCUT2D eigenvalue weighted by Crippen LogP contribution is -2.42. The van der Waals surface area contributed by atoms with Crippen LogP contribution in [-0.4, -0.2) is 70.3 Å². The average Bonchev–Trinajstić information content (AvgIpc) is 2.83. The van der Waals surface area contributed by atoms with Crippen molar-refractivity contribution in [1.82, 2.24) is 24.8 Å². The van der Waals surface area contributed by atoms with Crippen LogP contribution in [0.15, 0.2) is 36.5 Å². The summed E-state index contributed by atoms with van der Waals surface area (Å²) in [6.07, 6.45) is 1.43. The van der Waals surface area contributed by atoms with Crippen molar-refractivity contribution in [3.05, 3.63) is 47.8 Å². The summed E-state index contributed by atoms with van der Waals surface area (Å²) in [5, 5.41) is 2.62. The van der Waals surface area contributed by atoms with Crippen molar-refractivity contribution >= 4 is 34.9 Å². The topological polar surface area (TPSA) is 96.4 Å². The Balaban J connectivity index is 1.40. The lowest BCUT2D eigenvalue weighted by Gasteiger charge is -2.35. The number of rotatable bonds is 6. The zero-order chi connectivity index (χ0) is 25.9. The van der Waals surface area contributed by atoms with Crippen LogP contribution in [0.4, 0.5) is 24.9 Å². The van der Waals surface area contributed by atoms with Gasteiger partial charge in [0.2, 0.25) is 11.9 Å². The van der Waals surface area contributed by atoms with Gasteiger partial charge in [0.15, 0.2) is 11.5 Å². The third-order valence-electron chi connectivity index (χ3n) is 5.84. The second kappa shape index (κ2) is 10.4. The van der Waals surface area contributed by atoms with Crippen LogP contribution < -0.4 is 15.0 Å². The van der Waals surface area contributed by atoms with Gasteiger partial charge in [0, 0.05) is 25.2 Å². The number of anilines is 2. The van der Waals surface area contributed by atoms with E-state index in [1.807, 2.05) is 6.92 Å². The Morgan fingerprint density at radius 2 is 1.83 bits per heavy atom. The van der Waals surface area contributed by atoms with E-state index in [0.29, 0.717) is 34.4 Å². The molecule has 1 saturated heterocycles. The Labute approximate surface area is 206 Å². The number of hydrogen-bond donors (Lipinski definition) is 1. The maximum Gasteiger partial charge on any atom is 0.573 e. The molecule has 1 fully saturated rings. The summed E-state index contributed by atoms with van der Waals surface area (Å²) < 4.78 is 40.6. The first-order valence-corrected chi connectivity index (χ1v) is 11.3. The van der Waals surface area contributed by atoms with Gasteiger partial charge in [0.1, 0.15) is 11.3 Å². The molecule has 0 aliphatic carbocycles. The number of carbonyl (C=O) groups is 1. The molecule has 0 radical (unpaired) electrons. The first kappa shape index (κ1) is 25.3. The molecule has 1 aromatic carbocycles. The zero-order valence-corrected chi connectivity index (χ0v) is 20.1. The Morgan fingerprint density at radius 1 is 1.14 bits per heavy atom. The highest BCUT2D eigenvalue weighted by Gasteiger charge is 2.31. The maximum absolute atomic E-state index is 12.3. The van der Waals surface area contributed by atoms with Crippen LogP contribution in [0.5, 0.6) is 5.75 Å². The van der Waals surface area contributed by atoms with E-state index in [1.54, 1.807) is 0 Å². The molecule has 0 atom stereocenters. The van der Waals surface area contributed by atoms with E-state index >= 15 is 0 Å². The van der Waals surface area contributed by atoms with Gasteiger partial charge >= 0.3 is 6.36 Å². The number of amides is 1. The number of alkyl halides is 3. The molecule has 190 valence electrons. The van der Waals surface area contributed by atoms with Crippen LogP contribution in [0.2, 0.25) is 0 Å². The predicted molar refractivity (Wildman–Crippen MR) is 130 cm³/mol. The number of benzene rings is 1. The predicted octanol–water partition coefficient (Wildman–Crippen LogP) is 3.81.